The van der Waals surface area contributed by atoms with E-state index in [9.17, 15) is 0 Å². The van der Waals surface area contributed by atoms with Gasteiger partial charge in [-0.05, 0) is 41.1 Å². The van der Waals surface area contributed by atoms with Crippen molar-refractivity contribution in [2.24, 2.45) is 0 Å². The average molecular weight is 285 g/mol. The summed E-state index contributed by atoms with van der Waals surface area (Å²) in [4.78, 5) is 4.26. The molecular weight excluding hydrogens is 277 g/mol. The van der Waals surface area contributed by atoms with Gasteiger partial charge in [-0.2, -0.15) is 5.10 Å². The Balaban J connectivity index is 2.52. The van der Waals surface area contributed by atoms with Gasteiger partial charge in [-0.15, -0.1) is 0 Å². The van der Waals surface area contributed by atoms with E-state index in [2.05, 4.69) is 32.7 Å². The van der Waals surface area contributed by atoms with E-state index in [1.165, 1.54) is 0 Å². The summed E-state index contributed by atoms with van der Waals surface area (Å²) >= 11 is 2.23. The molecule has 2 heterocycles. The van der Waals surface area contributed by atoms with Gasteiger partial charge in [-0.25, -0.2) is 9.67 Å². The van der Waals surface area contributed by atoms with Crippen LogP contribution in [0.2, 0.25) is 0 Å². The molecule has 0 N–H and O–H groups in total. The maximum Gasteiger partial charge on any atom is 0.156 e. The second-order valence-electron chi connectivity index (χ2n) is 2.75. The van der Waals surface area contributed by atoms with E-state index < -0.39 is 0 Å². The molecule has 0 saturated heterocycles. The monoisotopic (exact) mass is 285 g/mol. The van der Waals surface area contributed by atoms with E-state index in [1.54, 1.807) is 10.9 Å². The summed E-state index contributed by atoms with van der Waals surface area (Å²) < 4.78 is 2.90. The first-order chi connectivity index (χ1) is 6.27. The van der Waals surface area contributed by atoms with Gasteiger partial charge < -0.3 is 0 Å². The Bertz CT molecular complexity index is 422. The summed E-state index contributed by atoms with van der Waals surface area (Å²) in [5.74, 6) is 0.894. The molecule has 0 aliphatic rings. The third kappa shape index (κ3) is 1.72. The first-order valence-electron chi connectivity index (χ1n) is 3.89. The minimum Gasteiger partial charge on any atom is -0.237 e. The van der Waals surface area contributed by atoms with Crippen molar-refractivity contribution in [2.75, 3.05) is 0 Å². The molecule has 2 aromatic heterocycles. The van der Waals surface area contributed by atoms with Crippen LogP contribution in [-0.2, 0) is 0 Å². The molecule has 0 amide bonds. The number of pyridine rings is 1. The van der Waals surface area contributed by atoms with Gasteiger partial charge in [0.15, 0.2) is 5.82 Å². The topological polar surface area (TPSA) is 30.7 Å². The SMILES string of the molecule is Cc1cccnc1-n1cc(I)cn1. The fourth-order valence-corrected chi connectivity index (χ4v) is 1.52. The summed E-state index contributed by atoms with van der Waals surface area (Å²) in [7, 11) is 0. The molecule has 66 valence electrons. The van der Waals surface area contributed by atoms with Crippen molar-refractivity contribution < 1.29 is 0 Å². The van der Waals surface area contributed by atoms with E-state index in [1.807, 2.05) is 31.5 Å². The van der Waals surface area contributed by atoms with Gasteiger partial charge in [-0.1, -0.05) is 6.07 Å². The lowest BCUT2D eigenvalue weighted by Gasteiger charge is -2.02. The first-order valence-corrected chi connectivity index (χ1v) is 4.97. The lowest BCUT2D eigenvalue weighted by Crippen LogP contribution is -1.99. The Morgan fingerprint density at radius 1 is 1.46 bits per heavy atom. The third-order valence-electron chi connectivity index (χ3n) is 1.75. The third-order valence-corrected chi connectivity index (χ3v) is 2.31. The maximum atomic E-state index is 4.26. The van der Waals surface area contributed by atoms with Crippen LogP contribution in [0.25, 0.3) is 5.82 Å². The van der Waals surface area contributed by atoms with Gasteiger partial charge >= 0.3 is 0 Å². The Morgan fingerprint density at radius 2 is 2.31 bits per heavy atom. The fraction of sp³-hybridized carbons (Fsp3) is 0.111. The number of aromatic nitrogens is 3. The van der Waals surface area contributed by atoms with Gasteiger partial charge in [0, 0.05) is 12.4 Å². The predicted octanol–water partition coefficient (Wildman–Crippen LogP) is 2.18. The van der Waals surface area contributed by atoms with Crippen LogP contribution in [0.3, 0.4) is 0 Å². The van der Waals surface area contributed by atoms with Crippen LogP contribution in [0, 0.1) is 10.5 Å². The summed E-state index contributed by atoms with van der Waals surface area (Å²) in [5, 5.41) is 4.19. The minimum atomic E-state index is 0.894. The molecule has 0 unspecified atom stereocenters. The molecule has 13 heavy (non-hydrogen) atoms. The Morgan fingerprint density at radius 3 is 2.92 bits per heavy atom. The zero-order valence-corrected chi connectivity index (χ0v) is 9.26. The molecule has 0 spiro atoms. The molecule has 0 radical (unpaired) electrons. The smallest absolute Gasteiger partial charge is 0.156 e. The van der Waals surface area contributed by atoms with Crippen molar-refractivity contribution in [3.05, 3.63) is 39.9 Å². The lowest BCUT2D eigenvalue weighted by molar-refractivity contribution is 0.838. The molecule has 0 aromatic carbocycles. The van der Waals surface area contributed by atoms with E-state index >= 15 is 0 Å². The highest BCUT2D eigenvalue weighted by Gasteiger charge is 2.02. The molecule has 4 heteroatoms. The zero-order chi connectivity index (χ0) is 9.26. The molecule has 0 aliphatic heterocycles. The van der Waals surface area contributed by atoms with E-state index in [-0.39, 0.29) is 0 Å². The van der Waals surface area contributed by atoms with Crippen molar-refractivity contribution in [3.8, 4) is 5.82 Å². The standard InChI is InChI=1S/C9H8IN3/c1-7-3-2-4-11-9(7)13-6-8(10)5-12-13/h2-6H,1H3. The largest absolute Gasteiger partial charge is 0.237 e. The van der Waals surface area contributed by atoms with Gasteiger partial charge in [0.2, 0.25) is 0 Å². The average Bonchev–Trinajstić information content (AvgIpc) is 2.53. The number of halogens is 1. The van der Waals surface area contributed by atoms with E-state index in [4.69, 9.17) is 0 Å². The number of hydrogen-bond acceptors (Lipinski definition) is 2. The highest BCUT2D eigenvalue weighted by molar-refractivity contribution is 14.1. The summed E-state index contributed by atoms with van der Waals surface area (Å²) in [6, 6.07) is 3.95. The molecule has 0 fully saturated rings. The van der Waals surface area contributed by atoms with Crippen LogP contribution in [0.5, 0.6) is 0 Å². The highest BCUT2D eigenvalue weighted by atomic mass is 127. The maximum absolute atomic E-state index is 4.26. The molecule has 0 saturated carbocycles. The molecule has 2 aromatic rings. The fourth-order valence-electron chi connectivity index (χ4n) is 1.13. The normalized spacial score (nSPS) is 10.3. The van der Waals surface area contributed by atoms with Crippen LogP contribution < -0.4 is 0 Å². The molecule has 0 bridgehead atoms. The number of nitrogens with zero attached hydrogens (tertiary/aromatic N) is 3. The minimum absolute atomic E-state index is 0.894. The van der Waals surface area contributed by atoms with Crippen molar-refractivity contribution in [2.45, 2.75) is 6.92 Å². The second-order valence-corrected chi connectivity index (χ2v) is 3.99. The molecular formula is C9H8IN3. The van der Waals surface area contributed by atoms with Crippen LogP contribution in [0.4, 0.5) is 0 Å². The molecule has 0 atom stereocenters. The predicted molar refractivity (Wildman–Crippen MR) is 58.8 cm³/mol. The summed E-state index contributed by atoms with van der Waals surface area (Å²) in [6.07, 6.45) is 5.54. The Labute approximate surface area is 89.9 Å². The Hall–Kier alpha value is -0.910. The number of aryl methyl sites for hydroxylation is 1. The number of rotatable bonds is 1. The van der Waals surface area contributed by atoms with Crippen LogP contribution in [0.15, 0.2) is 30.7 Å². The van der Waals surface area contributed by atoms with Gasteiger partial charge in [-0.3, -0.25) is 0 Å². The van der Waals surface area contributed by atoms with Crippen LogP contribution >= 0.6 is 22.6 Å². The first kappa shape index (κ1) is 8.68. The molecule has 3 nitrogen and oxygen atoms in total. The lowest BCUT2D eigenvalue weighted by atomic mass is 10.3. The Kier molecular flexibility index (Phi) is 2.30. The highest BCUT2D eigenvalue weighted by Crippen LogP contribution is 2.10. The quantitative estimate of drug-likeness (QED) is 0.752. The second kappa shape index (κ2) is 3.45. The van der Waals surface area contributed by atoms with E-state index in [0.29, 0.717) is 0 Å². The molecule has 2 rings (SSSR count). The van der Waals surface area contributed by atoms with Gasteiger partial charge in [0.1, 0.15) is 0 Å². The number of hydrogen-bond donors (Lipinski definition) is 0. The van der Waals surface area contributed by atoms with Crippen LogP contribution in [-0.4, -0.2) is 14.8 Å². The van der Waals surface area contributed by atoms with Crippen molar-refractivity contribution in [1.82, 2.24) is 14.8 Å². The van der Waals surface area contributed by atoms with Crippen molar-refractivity contribution in [3.63, 3.8) is 0 Å². The van der Waals surface area contributed by atoms with Crippen molar-refractivity contribution in [1.29, 1.82) is 0 Å². The zero-order valence-electron chi connectivity index (χ0n) is 7.11. The van der Waals surface area contributed by atoms with E-state index in [0.717, 1.165) is 15.0 Å². The summed E-state index contributed by atoms with van der Waals surface area (Å²) in [5.41, 5.74) is 1.13. The van der Waals surface area contributed by atoms with Gasteiger partial charge in [0.05, 0.1) is 9.77 Å². The van der Waals surface area contributed by atoms with Gasteiger partial charge in [0.25, 0.3) is 0 Å². The van der Waals surface area contributed by atoms with Crippen molar-refractivity contribution >= 4 is 22.6 Å². The van der Waals surface area contributed by atoms with Crippen LogP contribution in [0.1, 0.15) is 5.56 Å². The summed E-state index contributed by atoms with van der Waals surface area (Å²) in [6.45, 7) is 2.02. The molecule has 0 aliphatic carbocycles.